The molecule has 2 aromatic carbocycles. The lowest BCUT2D eigenvalue weighted by Gasteiger charge is -2.36. The number of aliphatic hydroxyl groups is 1. The second-order valence-electron chi connectivity index (χ2n) is 7.14. The van der Waals surface area contributed by atoms with E-state index in [4.69, 9.17) is 16.3 Å². The largest absolute Gasteiger partial charge is 0.489 e. The van der Waals surface area contributed by atoms with E-state index >= 15 is 0 Å². The molecule has 0 aliphatic carbocycles. The second kappa shape index (κ2) is 9.71. The molecular weight excluding hydrogens is 439 g/mol. The van der Waals surface area contributed by atoms with E-state index in [-0.39, 0.29) is 12.3 Å². The quantitative estimate of drug-likeness (QED) is 0.501. The fraction of sp³-hybridized carbons (Fsp3) is 0.400. The van der Waals surface area contributed by atoms with Crippen LogP contribution in [0.5, 0.6) is 5.75 Å². The Kier molecular flexibility index (Phi) is 7.24. The van der Waals surface area contributed by atoms with Crippen LogP contribution in [0.1, 0.15) is 5.56 Å². The van der Waals surface area contributed by atoms with Crippen molar-refractivity contribution in [1.29, 1.82) is 0 Å². The first-order chi connectivity index (χ1) is 14.6. The molecule has 0 spiro atoms. The van der Waals surface area contributed by atoms with Crippen LogP contribution in [0, 0.1) is 10.1 Å². The molecule has 0 aromatic heterocycles. The highest BCUT2D eigenvalue weighted by molar-refractivity contribution is 6.32. The van der Waals surface area contributed by atoms with Gasteiger partial charge in [0.15, 0.2) is 0 Å². The zero-order valence-corrected chi connectivity index (χ0v) is 17.1. The predicted octanol–water partition coefficient (Wildman–Crippen LogP) is 3.83. The van der Waals surface area contributed by atoms with Gasteiger partial charge in [-0.15, -0.1) is 0 Å². The minimum Gasteiger partial charge on any atom is -0.489 e. The molecule has 1 atom stereocenters. The van der Waals surface area contributed by atoms with E-state index in [1.54, 1.807) is 29.2 Å². The summed E-state index contributed by atoms with van der Waals surface area (Å²) in [6, 6.07) is 9.48. The van der Waals surface area contributed by atoms with Crippen molar-refractivity contribution in [3.63, 3.8) is 0 Å². The summed E-state index contributed by atoms with van der Waals surface area (Å²) in [5.74, 6) is 0.475. The number of nitrogens with zero attached hydrogens (tertiary/aromatic N) is 3. The first-order valence-electron chi connectivity index (χ1n) is 9.53. The molecule has 7 nitrogen and oxygen atoms in total. The van der Waals surface area contributed by atoms with Crippen molar-refractivity contribution in [1.82, 2.24) is 4.90 Å². The Morgan fingerprint density at radius 3 is 2.45 bits per heavy atom. The monoisotopic (exact) mass is 459 g/mol. The van der Waals surface area contributed by atoms with Crippen molar-refractivity contribution in [3.05, 3.63) is 63.2 Å². The predicted molar refractivity (Wildman–Crippen MR) is 110 cm³/mol. The van der Waals surface area contributed by atoms with Crippen molar-refractivity contribution in [2.24, 2.45) is 0 Å². The number of nitro benzene ring substituents is 1. The van der Waals surface area contributed by atoms with Gasteiger partial charge in [-0.3, -0.25) is 15.0 Å². The zero-order valence-electron chi connectivity index (χ0n) is 16.4. The van der Waals surface area contributed by atoms with E-state index in [1.165, 1.54) is 0 Å². The number of alkyl halides is 3. The molecule has 0 amide bonds. The van der Waals surface area contributed by atoms with Crippen LogP contribution in [0.15, 0.2) is 42.5 Å². The first-order valence-corrected chi connectivity index (χ1v) is 9.91. The fourth-order valence-corrected chi connectivity index (χ4v) is 3.57. The maximum atomic E-state index is 12.9. The smallest absolute Gasteiger partial charge is 0.416 e. The zero-order chi connectivity index (χ0) is 22.6. The summed E-state index contributed by atoms with van der Waals surface area (Å²) in [4.78, 5) is 14.2. The number of hydrogen-bond donors (Lipinski definition) is 1. The fourth-order valence-electron chi connectivity index (χ4n) is 3.38. The third-order valence-corrected chi connectivity index (χ3v) is 5.26. The summed E-state index contributed by atoms with van der Waals surface area (Å²) in [5, 5.41) is 22.0. The summed E-state index contributed by atoms with van der Waals surface area (Å²) in [7, 11) is 0. The molecule has 0 radical (unpaired) electrons. The molecule has 1 aliphatic rings. The lowest BCUT2D eigenvalue weighted by Crippen LogP contribution is -2.49. The Morgan fingerprint density at radius 2 is 1.84 bits per heavy atom. The molecule has 1 aliphatic heterocycles. The van der Waals surface area contributed by atoms with Crippen LogP contribution < -0.4 is 9.64 Å². The van der Waals surface area contributed by atoms with Gasteiger partial charge in [0.1, 0.15) is 24.1 Å². The van der Waals surface area contributed by atoms with Gasteiger partial charge in [-0.25, -0.2) is 0 Å². The third-order valence-electron chi connectivity index (χ3n) is 4.95. The standard InChI is InChI=1S/C20H21ClF3N3O4/c21-16-3-1-2-4-19(16)31-13-15(28)12-25-7-9-26(10-8-25)17-6-5-14(20(22,23)24)11-18(17)27(29)30/h1-6,11,15,28H,7-10,12-13H2. The highest BCUT2D eigenvalue weighted by Gasteiger charge is 2.34. The molecule has 2 aromatic rings. The highest BCUT2D eigenvalue weighted by atomic mass is 35.5. The van der Waals surface area contributed by atoms with Crippen molar-refractivity contribution in [3.8, 4) is 5.75 Å². The average molecular weight is 460 g/mol. The number of piperazine rings is 1. The SMILES string of the molecule is O=[N+]([O-])c1cc(C(F)(F)F)ccc1N1CCN(CC(O)COc2ccccc2Cl)CC1. The van der Waals surface area contributed by atoms with Gasteiger partial charge in [-0.05, 0) is 24.3 Å². The van der Waals surface area contributed by atoms with Gasteiger partial charge in [0, 0.05) is 38.8 Å². The number of hydrogen-bond acceptors (Lipinski definition) is 6. The molecule has 11 heteroatoms. The molecule has 168 valence electrons. The Balaban J connectivity index is 1.56. The van der Waals surface area contributed by atoms with Crippen molar-refractivity contribution >= 4 is 23.0 Å². The van der Waals surface area contributed by atoms with Gasteiger partial charge >= 0.3 is 6.18 Å². The Bertz CT molecular complexity index is 921. The van der Waals surface area contributed by atoms with E-state index in [0.717, 1.165) is 12.1 Å². The van der Waals surface area contributed by atoms with Gasteiger partial charge in [0.05, 0.1) is 15.5 Å². The van der Waals surface area contributed by atoms with Crippen molar-refractivity contribution in [2.45, 2.75) is 12.3 Å². The molecule has 0 bridgehead atoms. The van der Waals surface area contributed by atoms with E-state index in [1.807, 2.05) is 4.90 Å². The molecular formula is C20H21ClF3N3O4. The summed E-state index contributed by atoms with van der Waals surface area (Å²) in [6.07, 6.45) is -5.42. The molecule has 1 unspecified atom stereocenters. The van der Waals surface area contributed by atoms with Gasteiger partial charge < -0.3 is 14.7 Å². The summed E-state index contributed by atoms with van der Waals surface area (Å²) in [5.41, 5.74) is -1.47. The number of halogens is 4. The number of benzene rings is 2. The van der Waals surface area contributed by atoms with Crippen LogP contribution in [-0.4, -0.2) is 60.4 Å². The number of para-hydroxylation sites is 1. The van der Waals surface area contributed by atoms with Crippen LogP contribution in [0.25, 0.3) is 0 Å². The summed E-state index contributed by atoms with van der Waals surface area (Å²) in [6.45, 7) is 2.11. The minimum atomic E-state index is -4.65. The van der Waals surface area contributed by atoms with Gasteiger partial charge in [-0.2, -0.15) is 13.2 Å². The van der Waals surface area contributed by atoms with E-state index in [9.17, 15) is 28.4 Å². The minimum absolute atomic E-state index is 0.0499. The number of aliphatic hydroxyl groups excluding tert-OH is 1. The maximum Gasteiger partial charge on any atom is 0.416 e. The Morgan fingerprint density at radius 1 is 1.16 bits per heavy atom. The van der Waals surface area contributed by atoms with Crippen LogP contribution in [0.2, 0.25) is 5.02 Å². The van der Waals surface area contributed by atoms with Gasteiger partial charge in [0.25, 0.3) is 5.69 Å². The lowest BCUT2D eigenvalue weighted by atomic mass is 10.1. The molecule has 1 heterocycles. The Hall–Kier alpha value is -2.56. The number of β-amino-alcohol motifs (C(OH)–C–C–N with tert-alkyl or cyclic N) is 1. The van der Waals surface area contributed by atoms with Gasteiger partial charge in [-0.1, -0.05) is 23.7 Å². The van der Waals surface area contributed by atoms with Crippen LogP contribution in [-0.2, 0) is 6.18 Å². The van der Waals surface area contributed by atoms with Crippen LogP contribution >= 0.6 is 11.6 Å². The van der Waals surface area contributed by atoms with Crippen LogP contribution in [0.4, 0.5) is 24.5 Å². The van der Waals surface area contributed by atoms with Crippen molar-refractivity contribution in [2.75, 3.05) is 44.2 Å². The summed E-state index contributed by atoms with van der Waals surface area (Å²) >= 11 is 6.01. The molecule has 1 N–H and O–H groups in total. The number of anilines is 1. The molecule has 1 fully saturated rings. The first kappa shape index (κ1) is 23.1. The normalized spacial score (nSPS) is 16.2. The molecule has 3 rings (SSSR count). The Labute approximate surface area is 181 Å². The maximum absolute atomic E-state index is 12.9. The van der Waals surface area contributed by atoms with E-state index in [0.29, 0.717) is 49.6 Å². The van der Waals surface area contributed by atoms with E-state index < -0.39 is 28.5 Å². The lowest BCUT2D eigenvalue weighted by molar-refractivity contribution is -0.384. The summed E-state index contributed by atoms with van der Waals surface area (Å²) < 4.78 is 44.2. The van der Waals surface area contributed by atoms with Crippen LogP contribution in [0.3, 0.4) is 0 Å². The topological polar surface area (TPSA) is 79.1 Å². The third kappa shape index (κ3) is 5.99. The van der Waals surface area contributed by atoms with Gasteiger partial charge in [0.2, 0.25) is 0 Å². The van der Waals surface area contributed by atoms with E-state index in [2.05, 4.69) is 0 Å². The number of ether oxygens (including phenoxy) is 1. The highest BCUT2D eigenvalue weighted by Crippen LogP contribution is 2.36. The molecule has 1 saturated heterocycles. The second-order valence-corrected chi connectivity index (χ2v) is 7.55. The average Bonchev–Trinajstić information content (AvgIpc) is 2.72. The molecule has 0 saturated carbocycles. The number of rotatable bonds is 7. The number of nitro groups is 1. The molecule has 31 heavy (non-hydrogen) atoms. The van der Waals surface area contributed by atoms with Crippen molar-refractivity contribution < 1.29 is 27.9 Å².